The number of nitrogens with zero attached hydrogens (tertiary/aromatic N) is 2. The molecule has 2 aliphatic heterocycles. The third kappa shape index (κ3) is 7.80. The zero-order chi connectivity index (χ0) is 19.4. The highest BCUT2D eigenvalue weighted by molar-refractivity contribution is 5.95. The van der Waals surface area contributed by atoms with Crippen molar-refractivity contribution in [3.05, 3.63) is 23.3 Å². The van der Waals surface area contributed by atoms with E-state index in [1.165, 1.54) is 5.57 Å². The van der Waals surface area contributed by atoms with Crippen molar-refractivity contribution in [1.29, 1.82) is 0 Å². The van der Waals surface area contributed by atoms with Crippen LogP contribution >= 0.6 is 0 Å². The van der Waals surface area contributed by atoms with E-state index in [-0.39, 0.29) is 11.8 Å². The van der Waals surface area contributed by atoms with Gasteiger partial charge in [-0.2, -0.15) is 0 Å². The predicted molar refractivity (Wildman–Crippen MR) is 104 cm³/mol. The predicted octanol–water partition coefficient (Wildman–Crippen LogP) is 4.42. The van der Waals surface area contributed by atoms with E-state index in [9.17, 15) is 9.59 Å². The fraction of sp³-hybridized carbons (Fsp3) is 0.700. The van der Waals surface area contributed by atoms with Crippen LogP contribution in [-0.2, 0) is 9.59 Å². The van der Waals surface area contributed by atoms with Crippen LogP contribution in [0.2, 0.25) is 0 Å². The molecule has 2 heterocycles. The van der Waals surface area contributed by atoms with Gasteiger partial charge in [-0.3, -0.25) is 9.59 Å². The van der Waals surface area contributed by atoms with Gasteiger partial charge in [-0.1, -0.05) is 33.8 Å². The van der Waals surface area contributed by atoms with E-state index < -0.39 is 0 Å². The normalized spacial score (nSPS) is 16.0. The Labute approximate surface area is 149 Å². The highest BCUT2D eigenvalue weighted by Crippen LogP contribution is 2.13. The van der Waals surface area contributed by atoms with Crippen LogP contribution in [0.1, 0.15) is 69.2 Å². The number of carbonyl (C=O) groups is 2. The standard InChI is InChI=1S/2C8H13NO.2C2H6/c1-6(2)9-5-7(3)4-8(9)10;1-6(2)9-5-4-7(3)8(9)10;2*1-2/h2*4,6H,5H2,1-3H3;2*1-2H3. The lowest BCUT2D eigenvalue weighted by Crippen LogP contribution is -2.33. The summed E-state index contributed by atoms with van der Waals surface area (Å²) in [6, 6.07) is 0.669. The van der Waals surface area contributed by atoms with Crippen molar-refractivity contribution in [3.8, 4) is 0 Å². The molecule has 0 atom stereocenters. The molecule has 0 radical (unpaired) electrons. The number of rotatable bonds is 2. The molecular weight excluding hydrogens is 300 g/mol. The Morgan fingerprint density at radius 3 is 1.50 bits per heavy atom. The van der Waals surface area contributed by atoms with Crippen LogP contribution in [0.5, 0.6) is 0 Å². The third-order valence-electron chi connectivity index (χ3n) is 3.51. The van der Waals surface area contributed by atoms with E-state index >= 15 is 0 Å². The van der Waals surface area contributed by atoms with Crippen LogP contribution < -0.4 is 0 Å². The molecule has 24 heavy (non-hydrogen) atoms. The van der Waals surface area contributed by atoms with Gasteiger partial charge in [-0.25, -0.2) is 0 Å². The molecule has 0 spiro atoms. The minimum atomic E-state index is 0.160. The molecule has 140 valence electrons. The fourth-order valence-corrected chi connectivity index (χ4v) is 2.20. The first-order valence-electron chi connectivity index (χ1n) is 9.19. The van der Waals surface area contributed by atoms with Gasteiger partial charge < -0.3 is 9.80 Å². The highest BCUT2D eigenvalue weighted by Gasteiger charge is 2.22. The Morgan fingerprint density at radius 2 is 1.33 bits per heavy atom. The third-order valence-corrected chi connectivity index (χ3v) is 3.51. The second-order valence-corrected chi connectivity index (χ2v) is 5.99. The lowest BCUT2D eigenvalue weighted by atomic mass is 10.3. The lowest BCUT2D eigenvalue weighted by Gasteiger charge is -2.20. The Morgan fingerprint density at radius 1 is 0.875 bits per heavy atom. The number of carbonyl (C=O) groups excluding carboxylic acids is 2. The molecule has 4 nitrogen and oxygen atoms in total. The van der Waals surface area contributed by atoms with Crippen molar-refractivity contribution < 1.29 is 9.59 Å². The first kappa shape index (κ1) is 24.7. The summed E-state index contributed by atoms with van der Waals surface area (Å²) in [6.45, 7) is 21.6. The topological polar surface area (TPSA) is 40.6 Å². The molecule has 0 bridgehead atoms. The van der Waals surface area contributed by atoms with Crippen molar-refractivity contribution in [2.24, 2.45) is 0 Å². The van der Waals surface area contributed by atoms with Gasteiger partial charge in [0.1, 0.15) is 0 Å². The first-order chi connectivity index (χ1) is 11.2. The van der Waals surface area contributed by atoms with Gasteiger partial charge in [-0.05, 0) is 47.1 Å². The minimum absolute atomic E-state index is 0.160. The lowest BCUT2D eigenvalue weighted by molar-refractivity contribution is -0.127. The molecule has 0 N–H and O–H groups in total. The largest absolute Gasteiger partial charge is 0.333 e. The van der Waals surface area contributed by atoms with Crippen molar-refractivity contribution in [2.45, 2.75) is 81.3 Å². The molecule has 0 aliphatic carbocycles. The maximum atomic E-state index is 11.2. The summed E-state index contributed by atoms with van der Waals surface area (Å²) < 4.78 is 0. The Bertz CT molecular complexity index is 443. The zero-order valence-electron chi connectivity index (χ0n) is 17.4. The van der Waals surface area contributed by atoms with Crippen LogP contribution in [0, 0.1) is 0 Å². The van der Waals surface area contributed by atoms with Crippen LogP contribution in [0.3, 0.4) is 0 Å². The van der Waals surface area contributed by atoms with Gasteiger partial charge in [0.2, 0.25) is 11.8 Å². The maximum Gasteiger partial charge on any atom is 0.249 e. The molecular formula is C20H38N2O2. The number of amides is 2. The van der Waals surface area contributed by atoms with E-state index in [2.05, 4.69) is 0 Å². The van der Waals surface area contributed by atoms with Gasteiger partial charge in [0.15, 0.2) is 0 Å². The van der Waals surface area contributed by atoms with Crippen molar-refractivity contribution in [1.82, 2.24) is 9.80 Å². The molecule has 2 aliphatic rings. The maximum absolute atomic E-state index is 11.2. The zero-order valence-corrected chi connectivity index (χ0v) is 17.4. The van der Waals surface area contributed by atoms with E-state index in [0.717, 1.165) is 18.7 Å². The average Bonchev–Trinajstić information content (AvgIpc) is 3.06. The molecule has 4 heteroatoms. The Hall–Kier alpha value is -1.58. The monoisotopic (exact) mass is 338 g/mol. The summed E-state index contributed by atoms with van der Waals surface area (Å²) in [6.07, 6.45) is 3.68. The minimum Gasteiger partial charge on any atom is -0.333 e. The molecule has 0 aromatic rings. The van der Waals surface area contributed by atoms with E-state index in [4.69, 9.17) is 0 Å². The summed E-state index contributed by atoms with van der Waals surface area (Å²) in [4.78, 5) is 26.0. The van der Waals surface area contributed by atoms with Crippen LogP contribution in [-0.4, -0.2) is 46.8 Å². The smallest absolute Gasteiger partial charge is 0.249 e. The summed E-state index contributed by atoms with van der Waals surface area (Å²) in [5, 5.41) is 0. The van der Waals surface area contributed by atoms with Gasteiger partial charge in [-0.15, -0.1) is 0 Å². The summed E-state index contributed by atoms with van der Waals surface area (Å²) in [5.41, 5.74) is 2.05. The molecule has 0 aromatic heterocycles. The van der Waals surface area contributed by atoms with Crippen molar-refractivity contribution in [2.75, 3.05) is 13.1 Å². The summed E-state index contributed by atoms with van der Waals surface area (Å²) in [7, 11) is 0. The average molecular weight is 339 g/mol. The molecule has 0 saturated heterocycles. The van der Waals surface area contributed by atoms with Crippen LogP contribution in [0.4, 0.5) is 0 Å². The van der Waals surface area contributed by atoms with Gasteiger partial charge in [0.05, 0.1) is 0 Å². The summed E-state index contributed by atoms with van der Waals surface area (Å²) >= 11 is 0. The quantitative estimate of drug-likeness (QED) is 0.748. The van der Waals surface area contributed by atoms with E-state index in [1.54, 1.807) is 6.08 Å². The van der Waals surface area contributed by atoms with Crippen molar-refractivity contribution >= 4 is 11.8 Å². The van der Waals surface area contributed by atoms with Crippen LogP contribution in [0.25, 0.3) is 0 Å². The molecule has 0 unspecified atom stereocenters. The van der Waals surface area contributed by atoms with Gasteiger partial charge >= 0.3 is 0 Å². The first-order valence-corrected chi connectivity index (χ1v) is 9.19. The second-order valence-electron chi connectivity index (χ2n) is 5.99. The second kappa shape index (κ2) is 12.8. The fourth-order valence-electron chi connectivity index (χ4n) is 2.20. The highest BCUT2D eigenvalue weighted by atomic mass is 16.2. The van der Waals surface area contributed by atoms with E-state index in [1.807, 2.05) is 85.1 Å². The van der Waals surface area contributed by atoms with Gasteiger partial charge in [0, 0.05) is 36.8 Å². The molecule has 2 rings (SSSR count). The Balaban J connectivity index is 0. The Kier molecular flexibility index (Phi) is 13.2. The number of hydrogen-bond donors (Lipinski definition) is 0. The van der Waals surface area contributed by atoms with E-state index in [0.29, 0.717) is 12.1 Å². The molecule has 0 aromatic carbocycles. The van der Waals surface area contributed by atoms with Crippen LogP contribution in [0.15, 0.2) is 23.3 Å². The molecule has 0 fully saturated rings. The molecule has 0 saturated carbocycles. The van der Waals surface area contributed by atoms with Crippen molar-refractivity contribution in [3.63, 3.8) is 0 Å². The SMILES string of the molecule is CC.CC.CC1=CC(=O)N(C(C)C)C1.CC1=CCN(C(C)C)C1=O. The molecule has 2 amide bonds. The number of hydrogen-bond acceptors (Lipinski definition) is 2. The van der Waals surface area contributed by atoms with Gasteiger partial charge in [0.25, 0.3) is 0 Å². The summed E-state index contributed by atoms with van der Waals surface area (Å²) in [5.74, 6) is 0.350.